The van der Waals surface area contributed by atoms with Crippen molar-refractivity contribution in [3.05, 3.63) is 48.0 Å². The predicted octanol–water partition coefficient (Wildman–Crippen LogP) is 3.23. The number of aryl methyl sites for hydroxylation is 2. The number of primary amides is 1. The lowest BCUT2D eigenvalue weighted by Crippen LogP contribution is -2.37. The molecular weight excluding hydrogens is 653 g/mol. The summed E-state index contributed by atoms with van der Waals surface area (Å²) in [5.74, 6) is 1.62. The number of hydrogen-bond donors (Lipinski definition) is 4. The van der Waals surface area contributed by atoms with E-state index in [2.05, 4.69) is 19.8 Å². The molecule has 2 aliphatic heterocycles. The number of H-pyrrole nitrogens is 2. The molecule has 15 heteroatoms. The number of aromatic amines is 2. The first-order chi connectivity index (χ1) is 23.4. The van der Waals surface area contributed by atoms with Gasteiger partial charge in [0.25, 0.3) is 11.5 Å². The lowest BCUT2D eigenvalue weighted by atomic mass is 9.89. The number of rotatable bonds is 3. The number of hydrogen-bond acceptors (Lipinski definition) is 12. The lowest BCUT2D eigenvalue weighted by molar-refractivity contribution is 0.100. The molecule has 5 aromatic heterocycles. The molecule has 1 amide bonds. The summed E-state index contributed by atoms with van der Waals surface area (Å²) in [5, 5.41) is 1.92. The Hall–Kier alpha value is -4.05. The first-order valence-corrected chi connectivity index (χ1v) is 18.3. The molecule has 0 saturated carbocycles. The first-order valence-electron chi connectivity index (χ1n) is 16.7. The molecule has 5 aromatic rings. The van der Waals surface area contributed by atoms with Gasteiger partial charge in [-0.3, -0.25) is 14.6 Å². The van der Waals surface area contributed by atoms with Crippen LogP contribution in [0.25, 0.3) is 30.6 Å². The number of anilines is 3. The van der Waals surface area contributed by atoms with E-state index in [1.54, 1.807) is 0 Å². The molecular formula is C33H38N8O5S2. The summed E-state index contributed by atoms with van der Waals surface area (Å²) < 4.78 is 11.5. The number of ether oxygens (including phenoxy) is 2. The third-order valence-electron chi connectivity index (χ3n) is 9.83. The van der Waals surface area contributed by atoms with Gasteiger partial charge in [0.1, 0.15) is 30.9 Å². The molecule has 0 atom stereocenters. The van der Waals surface area contributed by atoms with Crippen LogP contribution in [0.2, 0.25) is 0 Å². The van der Waals surface area contributed by atoms with Gasteiger partial charge in [-0.15, -0.1) is 22.7 Å². The van der Waals surface area contributed by atoms with E-state index in [1.165, 1.54) is 51.3 Å². The van der Waals surface area contributed by atoms with Crippen molar-refractivity contribution >= 4 is 76.6 Å². The van der Waals surface area contributed by atoms with Crippen molar-refractivity contribution in [2.75, 3.05) is 68.1 Å². The van der Waals surface area contributed by atoms with E-state index in [0.717, 1.165) is 116 Å². The van der Waals surface area contributed by atoms with Crippen LogP contribution in [0, 0.1) is 0 Å². The molecule has 2 saturated heterocycles. The summed E-state index contributed by atoms with van der Waals surface area (Å²) >= 11 is 2.68. The number of fused-ring (bicyclic) bond motifs is 8. The molecule has 0 radical (unpaired) electrons. The Kier molecular flexibility index (Phi) is 8.31. The zero-order valence-electron chi connectivity index (χ0n) is 26.6. The molecule has 2 aliphatic carbocycles. The van der Waals surface area contributed by atoms with Gasteiger partial charge in [0, 0.05) is 37.0 Å². The molecule has 0 unspecified atom stereocenters. The topological polar surface area (TPSA) is 186 Å². The van der Waals surface area contributed by atoms with E-state index in [1.807, 2.05) is 0 Å². The van der Waals surface area contributed by atoms with Gasteiger partial charge in [0.05, 0.1) is 37.6 Å². The van der Waals surface area contributed by atoms with Crippen LogP contribution in [0.4, 0.5) is 17.3 Å². The highest BCUT2D eigenvalue weighted by molar-refractivity contribution is 7.25. The predicted molar refractivity (Wildman–Crippen MR) is 190 cm³/mol. The molecule has 2 fully saturated rings. The standard InChI is InChI=1S/C17H18N4O3S.C16H20N4O2S/c22-15-13-12(18-17(23)20-15)11-9-3-1-2-4-10(9)14(19-16(11)25-13)21-5-7-24-8-6-21;17-12-11-9-3-1-2-4-10(9)15(20-5-7-22-8-6-20)19-16(11)23-13(12)14(18)21/h1-8H2,(H2,18,20,22,23);1-8,17H2,(H2,18,21). The molecule has 0 bridgehead atoms. The molecule has 9 rings (SSSR count). The highest BCUT2D eigenvalue weighted by Gasteiger charge is 2.28. The zero-order chi connectivity index (χ0) is 32.9. The Morgan fingerprint density at radius 2 is 1.21 bits per heavy atom. The van der Waals surface area contributed by atoms with Crippen molar-refractivity contribution < 1.29 is 14.3 Å². The number of carbonyl (C=O) groups excluding carboxylic acids is 1. The van der Waals surface area contributed by atoms with E-state index >= 15 is 0 Å². The van der Waals surface area contributed by atoms with Gasteiger partial charge in [-0.25, -0.2) is 14.8 Å². The molecule has 7 heterocycles. The fourth-order valence-electron chi connectivity index (χ4n) is 7.60. The molecule has 252 valence electrons. The second kappa shape index (κ2) is 12.8. The quantitative estimate of drug-likeness (QED) is 0.219. The van der Waals surface area contributed by atoms with E-state index in [-0.39, 0.29) is 5.56 Å². The van der Waals surface area contributed by atoms with Crippen molar-refractivity contribution in [3.63, 3.8) is 0 Å². The Bertz CT molecular complexity index is 2170. The molecule has 48 heavy (non-hydrogen) atoms. The first kappa shape index (κ1) is 31.2. The SMILES string of the molecule is NC(=O)c1sc2nc(N3CCOCC3)c3c(c2c1N)CCCC3.O=c1[nH]c(=O)c2sc3nc(N4CCOCC4)c4c(c3c2[nH]1)CCCC4. The average molecular weight is 691 g/mol. The number of nitrogens with one attached hydrogen (secondary N) is 2. The van der Waals surface area contributed by atoms with E-state index < -0.39 is 11.6 Å². The smallest absolute Gasteiger partial charge is 0.326 e. The monoisotopic (exact) mass is 690 g/mol. The number of morpholine rings is 2. The van der Waals surface area contributed by atoms with E-state index in [9.17, 15) is 14.4 Å². The van der Waals surface area contributed by atoms with Gasteiger partial charge in [-0.2, -0.15) is 0 Å². The summed E-state index contributed by atoms with van der Waals surface area (Å²) in [4.78, 5) is 57.3. The van der Waals surface area contributed by atoms with Crippen molar-refractivity contribution in [1.82, 2.24) is 19.9 Å². The second-order valence-electron chi connectivity index (χ2n) is 12.7. The van der Waals surface area contributed by atoms with Crippen molar-refractivity contribution in [2.24, 2.45) is 5.73 Å². The van der Waals surface area contributed by atoms with Crippen molar-refractivity contribution in [1.29, 1.82) is 0 Å². The fourth-order valence-corrected chi connectivity index (χ4v) is 9.63. The Labute approximate surface area is 283 Å². The molecule has 6 N–H and O–H groups in total. The number of carbonyl (C=O) groups is 1. The summed E-state index contributed by atoms with van der Waals surface area (Å²) in [5.41, 5.74) is 17.2. The van der Waals surface area contributed by atoms with E-state index in [4.69, 9.17) is 30.9 Å². The maximum Gasteiger partial charge on any atom is 0.326 e. The minimum atomic E-state index is -0.469. The van der Waals surface area contributed by atoms with Crippen molar-refractivity contribution in [3.8, 4) is 0 Å². The number of thiophene rings is 2. The van der Waals surface area contributed by atoms with Gasteiger partial charge in [0.2, 0.25) is 0 Å². The van der Waals surface area contributed by atoms with Gasteiger partial charge in [-0.1, -0.05) is 0 Å². The second-order valence-corrected chi connectivity index (χ2v) is 14.7. The van der Waals surface area contributed by atoms with Crippen LogP contribution in [0.15, 0.2) is 9.59 Å². The van der Waals surface area contributed by atoms with Crippen LogP contribution < -0.4 is 32.5 Å². The van der Waals surface area contributed by atoms with Crippen LogP contribution in [-0.2, 0) is 35.2 Å². The molecule has 4 aliphatic rings. The Morgan fingerprint density at radius 1 is 0.708 bits per heavy atom. The maximum atomic E-state index is 12.2. The molecule has 13 nitrogen and oxygen atoms in total. The van der Waals surface area contributed by atoms with E-state index in [0.29, 0.717) is 34.0 Å². The minimum absolute atomic E-state index is 0.334. The number of nitrogens with two attached hydrogens (primary N) is 2. The van der Waals surface area contributed by atoms with Gasteiger partial charge in [0.15, 0.2) is 0 Å². The average Bonchev–Trinajstić information content (AvgIpc) is 3.66. The van der Waals surface area contributed by atoms with Crippen LogP contribution in [-0.4, -0.2) is 78.4 Å². The number of amides is 1. The minimum Gasteiger partial charge on any atom is -0.397 e. The third kappa shape index (κ3) is 5.42. The number of pyridine rings is 2. The largest absolute Gasteiger partial charge is 0.397 e. The highest BCUT2D eigenvalue weighted by Crippen LogP contribution is 2.42. The maximum absolute atomic E-state index is 12.2. The number of nitrogen functional groups attached to an aromatic ring is 1. The third-order valence-corrected chi connectivity index (χ3v) is 12.0. The summed E-state index contributed by atoms with van der Waals surface area (Å²) in [7, 11) is 0. The normalized spacial score (nSPS) is 18.1. The van der Waals surface area contributed by atoms with Crippen molar-refractivity contribution in [2.45, 2.75) is 51.4 Å². The van der Waals surface area contributed by atoms with Gasteiger partial charge >= 0.3 is 5.69 Å². The number of nitrogens with zero attached hydrogens (tertiary/aromatic N) is 4. The van der Waals surface area contributed by atoms with Crippen LogP contribution in [0.5, 0.6) is 0 Å². The van der Waals surface area contributed by atoms with Crippen LogP contribution >= 0.6 is 22.7 Å². The van der Waals surface area contributed by atoms with Gasteiger partial charge < -0.3 is 35.7 Å². The fraction of sp³-hybridized carbons (Fsp3) is 0.485. The summed E-state index contributed by atoms with van der Waals surface area (Å²) in [6.45, 7) is 6.28. The summed E-state index contributed by atoms with van der Waals surface area (Å²) in [6.07, 6.45) is 8.56. The zero-order valence-corrected chi connectivity index (χ0v) is 28.2. The van der Waals surface area contributed by atoms with Crippen LogP contribution in [0.1, 0.15) is 57.6 Å². The Morgan fingerprint density at radius 3 is 1.75 bits per heavy atom. The number of aromatic nitrogens is 4. The summed E-state index contributed by atoms with van der Waals surface area (Å²) in [6, 6.07) is 0. The Balaban J connectivity index is 0.000000141. The van der Waals surface area contributed by atoms with Gasteiger partial charge in [-0.05, 0) is 73.6 Å². The highest BCUT2D eigenvalue weighted by atomic mass is 32.1. The molecule has 0 spiro atoms. The lowest BCUT2D eigenvalue weighted by Gasteiger charge is -2.31. The molecule has 0 aromatic carbocycles. The van der Waals surface area contributed by atoms with Crippen LogP contribution in [0.3, 0.4) is 0 Å².